The summed E-state index contributed by atoms with van der Waals surface area (Å²) >= 11 is 0. The van der Waals surface area contributed by atoms with Crippen molar-refractivity contribution >= 4 is 43.6 Å². The van der Waals surface area contributed by atoms with Crippen LogP contribution in [0.2, 0.25) is 0 Å². The summed E-state index contributed by atoms with van der Waals surface area (Å²) in [6.45, 7) is 0. The van der Waals surface area contributed by atoms with Gasteiger partial charge in [0.05, 0.1) is 39.4 Å². The van der Waals surface area contributed by atoms with Gasteiger partial charge in [-0.15, -0.1) is 0 Å². The predicted molar refractivity (Wildman–Crippen MR) is 311 cm³/mol. The number of para-hydroxylation sites is 2. The van der Waals surface area contributed by atoms with Gasteiger partial charge in [-0.1, -0.05) is 188 Å². The molecule has 3 aromatic heterocycles. The number of fused-ring (bicyclic) bond motifs is 6. The van der Waals surface area contributed by atoms with E-state index >= 15 is 0 Å². The summed E-state index contributed by atoms with van der Waals surface area (Å²) in [5.41, 5.74) is 18.0. The summed E-state index contributed by atoms with van der Waals surface area (Å²) in [7, 11) is 0. The Morgan fingerprint density at radius 2 is 0.724 bits per heavy atom. The van der Waals surface area contributed by atoms with E-state index < -0.39 is 0 Å². The molecule has 14 rings (SSSR count). The SMILES string of the molecule is N#Cc1cccc(-c2ccc(-n3c4ccccc4c4cc(-c5ccccc5)ccc43)c(-c3cc(-n4c5ccccc5c5cc(-c6ccccc6)ccc54)ccc3-c3nc(-c4ccccc4)nc(-c4ccccc4)n3)c2)c1. The molecule has 0 fully saturated rings. The number of rotatable bonds is 9. The van der Waals surface area contributed by atoms with Crippen molar-refractivity contribution < 1.29 is 0 Å². The lowest BCUT2D eigenvalue weighted by molar-refractivity contribution is 1.07. The van der Waals surface area contributed by atoms with Crippen molar-refractivity contribution in [3.05, 3.63) is 272 Å². The zero-order chi connectivity index (χ0) is 50.5. The molecule has 0 saturated carbocycles. The van der Waals surface area contributed by atoms with Crippen molar-refractivity contribution in [2.24, 2.45) is 0 Å². The third-order valence-corrected chi connectivity index (χ3v) is 14.6. The van der Waals surface area contributed by atoms with Crippen molar-refractivity contribution in [1.29, 1.82) is 5.26 Å². The van der Waals surface area contributed by atoms with Gasteiger partial charge in [0.15, 0.2) is 17.5 Å². The van der Waals surface area contributed by atoms with Gasteiger partial charge in [-0.2, -0.15) is 5.26 Å². The van der Waals surface area contributed by atoms with Gasteiger partial charge in [0.2, 0.25) is 0 Å². The number of nitriles is 1. The number of aromatic nitrogens is 5. The Bertz CT molecular complexity index is 4510. The van der Waals surface area contributed by atoms with Crippen molar-refractivity contribution in [3.63, 3.8) is 0 Å². The summed E-state index contributed by atoms with van der Waals surface area (Å²) in [4.78, 5) is 15.9. The van der Waals surface area contributed by atoms with Gasteiger partial charge in [0, 0.05) is 49.5 Å². The van der Waals surface area contributed by atoms with Crippen LogP contribution >= 0.6 is 0 Å². The second-order valence-corrected chi connectivity index (χ2v) is 19.1. The van der Waals surface area contributed by atoms with Crippen molar-refractivity contribution in [2.45, 2.75) is 0 Å². The van der Waals surface area contributed by atoms with E-state index in [1.165, 1.54) is 16.3 Å². The van der Waals surface area contributed by atoms with Crippen LogP contribution in [-0.2, 0) is 0 Å². The van der Waals surface area contributed by atoms with Gasteiger partial charge in [0.1, 0.15) is 0 Å². The highest BCUT2D eigenvalue weighted by Crippen LogP contribution is 2.44. The van der Waals surface area contributed by atoms with Gasteiger partial charge in [-0.25, -0.2) is 15.0 Å². The molecule has 11 aromatic carbocycles. The smallest absolute Gasteiger partial charge is 0.164 e. The Morgan fingerprint density at radius 3 is 1.30 bits per heavy atom. The molecule has 0 saturated heterocycles. The lowest BCUT2D eigenvalue weighted by atomic mass is 9.92. The highest BCUT2D eigenvalue weighted by atomic mass is 15.0. The molecule has 0 aliphatic rings. The van der Waals surface area contributed by atoms with Crippen LogP contribution in [0.4, 0.5) is 0 Å². The van der Waals surface area contributed by atoms with E-state index in [2.05, 4.69) is 203 Å². The summed E-state index contributed by atoms with van der Waals surface area (Å²) in [5, 5.41) is 14.8. The molecule has 0 unspecified atom stereocenters. The number of benzene rings is 11. The van der Waals surface area contributed by atoms with Crippen LogP contribution < -0.4 is 0 Å². The molecular weight excluding hydrogens is 925 g/mol. The van der Waals surface area contributed by atoms with Gasteiger partial charge in [-0.3, -0.25) is 0 Å². The second kappa shape index (κ2) is 18.5. The Balaban J connectivity index is 1.09. The largest absolute Gasteiger partial charge is 0.309 e. The zero-order valence-corrected chi connectivity index (χ0v) is 41.1. The van der Waals surface area contributed by atoms with Crippen LogP contribution in [0.25, 0.3) is 134 Å². The second-order valence-electron chi connectivity index (χ2n) is 19.1. The Hall–Kier alpha value is -10.5. The summed E-state index contributed by atoms with van der Waals surface area (Å²) in [5.74, 6) is 1.70. The first-order chi connectivity index (χ1) is 37.6. The molecule has 354 valence electrons. The molecule has 0 N–H and O–H groups in total. The molecule has 0 aliphatic heterocycles. The molecule has 0 aliphatic carbocycles. The lowest BCUT2D eigenvalue weighted by Crippen LogP contribution is -2.04. The molecule has 6 nitrogen and oxygen atoms in total. The first-order valence-electron chi connectivity index (χ1n) is 25.5. The summed E-state index contributed by atoms with van der Waals surface area (Å²) in [6, 6.07) is 96.1. The van der Waals surface area contributed by atoms with Crippen LogP contribution in [0.3, 0.4) is 0 Å². The standard InChI is InChI=1S/C70H44N6/c71-45-46-18-17-27-51(40-46)54-34-39-67(76-64-31-16-14-29-57(64)61-42-53(33-38-66(61)76)48-21-7-2-8-22-48)62(43-54)59-44-55(75-63-30-15-13-28-56(63)60-41-52(32-37-65(60)75)47-19-5-1-6-20-47)35-36-58(59)70-73-68(49-23-9-3-10-24-49)72-69(74-70)50-25-11-4-12-26-50/h1-44H. The van der Waals surface area contributed by atoms with E-state index in [9.17, 15) is 5.26 Å². The van der Waals surface area contributed by atoms with Crippen molar-refractivity contribution in [2.75, 3.05) is 0 Å². The monoisotopic (exact) mass is 968 g/mol. The zero-order valence-electron chi connectivity index (χ0n) is 41.1. The fourth-order valence-electron chi connectivity index (χ4n) is 11.0. The highest BCUT2D eigenvalue weighted by molar-refractivity contribution is 6.12. The van der Waals surface area contributed by atoms with Gasteiger partial charge < -0.3 is 9.13 Å². The Labute approximate surface area is 439 Å². The average molecular weight is 969 g/mol. The van der Waals surface area contributed by atoms with Crippen molar-refractivity contribution in [1.82, 2.24) is 24.1 Å². The number of hydrogen-bond acceptors (Lipinski definition) is 4. The fourth-order valence-corrected chi connectivity index (χ4v) is 11.0. The van der Waals surface area contributed by atoms with Crippen LogP contribution in [0.1, 0.15) is 5.56 Å². The molecular formula is C70H44N6. The molecule has 76 heavy (non-hydrogen) atoms. The highest BCUT2D eigenvalue weighted by Gasteiger charge is 2.24. The van der Waals surface area contributed by atoms with E-state index in [4.69, 9.17) is 15.0 Å². The molecule has 0 bridgehead atoms. The van der Waals surface area contributed by atoms with Crippen molar-refractivity contribution in [3.8, 4) is 96.1 Å². The van der Waals surface area contributed by atoms with E-state index in [0.29, 0.717) is 23.0 Å². The maximum absolute atomic E-state index is 10.1. The quantitative estimate of drug-likeness (QED) is 0.144. The summed E-state index contributed by atoms with van der Waals surface area (Å²) in [6.07, 6.45) is 0. The molecule has 14 aromatic rings. The topological polar surface area (TPSA) is 72.3 Å². The Morgan fingerprint density at radius 1 is 0.276 bits per heavy atom. The van der Waals surface area contributed by atoms with E-state index in [1.54, 1.807) is 0 Å². The van der Waals surface area contributed by atoms with E-state index in [-0.39, 0.29) is 0 Å². The van der Waals surface area contributed by atoms with Crippen LogP contribution in [0.5, 0.6) is 0 Å². The normalized spacial score (nSPS) is 11.4. The molecule has 0 atom stereocenters. The molecule has 0 amide bonds. The van der Waals surface area contributed by atoms with E-state index in [1.807, 2.05) is 78.9 Å². The maximum Gasteiger partial charge on any atom is 0.164 e. The minimum Gasteiger partial charge on any atom is -0.309 e. The maximum atomic E-state index is 10.1. The third-order valence-electron chi connectivity index (χ3n) is 14.6. The summed E-state index contributed by atoms with van der Waals surface area (Å²) < 4.78 is 4.79. The van der Waals surface area contributed by atoms with E-state index in [0.717, 1.165) is 99.8 Å². The minimum atomic E-state index is 0.543. The minimum absolute atomic E-state index is 0.543. The van der Waals surface area contributed by atoms with Crippen LogP contribution in [-0.4, -0.2) is 24.1 Å². The van der Waals surface area contributed by atoms with Gasteiger partial charge >= 0.3 is 0 Å². The number of hydrogen-bond donors (Lipinski definition) is 0. The average Bonchev–Trinajstić information content (AvgIpc) is 4.11. The molecule has 0 spiro atoms. The van der Waals surface area contributed by atoms with Gasteiger partial charge in [0.25, 0.3) is 0 Å². The van der Waals surface area contributed by atoms with Crippen LogP contribution in [0.15, 0.2) is 267 Å². The molecule has 0 radical (unpaired) electrons. The fraction of sp³-hybridized carbons (Fsp3) is 0. The lowest BCUT2D eigenvalue weighted by Gasteiger charge is -2.20. The first-order valence-corrected chi connectivity index (χ1v) is 25.5. The molecule has 6 heteroatoms. The molecule has 3 heterocycles. The van der Waals surface area contributed by atoms with Gasteiger partial charge in [-0.05, 0) is 118 Å². The van der Waals surface area contributed by atoms with Crippen LogP contribution in [0, 0.1) is 11.3 Å². The third kappa shape index (κ3) is 7.70. The Kier molecular flexibility index (Phi) is 10.8. The first kappa shape index (κ1) is 44.2. The predicted octanol–water partition coefficient (Wildman–Crippen LogP) is 17.6. The number of nitrogens with zero attached hydrogens (tertiary/aromatic N) is 6.